The van der Waals surface area contributed by atoms with Gasteiger partial charge in [-0.15, -0.1) is 0 Å². The highest BCUT2D eigenvalue weighted by Crippen LogP contribution is 2.23. The highest BCUT2D eigenvalue weighted by Gasteiger charge is 2.19. The number of aromatic nitrogens is 1. The fraction of sp³-hybridized carbons (Fsp3) is 0.150. The molecular formula is C20H18ClN3O3. The van der Waals surface area contributed by atoms with Gasteiger partial charge in [-0.25, -0.2) is 10.4 Å². The number of halogens is 1. The number of hydrogen-bond donors (Lipinski definition) is 1. The molecule has 1 aromatic heterocycles. The summed E-state index contributed by atoms with van der Waals surface area (Å²) in [5, 5.41) is 5.14. The summed E-state index contributed by atoms with van der Waals surface area (Å²) >= 11 is 6.22. The molecule has 0 aliphatic rings. The summed E-state index contributed by atoms with van der Waals surface area (Å²) in [4.78, 5) is 16.7. The van der Waals surface area contributed by atoms with E-state index in [2.05, 4.69) is 15.5 Å². The molecule has 0 bridgehead atoms. The van der Waals surface area contributed by atoms with E-state index in [4.69, 9.17) is 21.1 Å². The minimum absolute atomic E-state index is 0.278. The second kappa shape index (κ2) is 8.62. The third-order valence-electron chi connectivity index (χ3n) is 3.96. The van der Waals surface area contributed by atoms with E-state index in [1.807, 2.05) is 48.5 Å². The zero-order valence-corrected chi connectivity index (χ0v) is 15.6. The van der Waals surface area contributed by atoms with Crippen LogP contribution in [0.4, 0.5) is 0 Å². The minimum atomic E-state index is -0.749. The van der Waals surface area contributed by atoms with E-state index in [9.17, 15) is 4.79 Å². The largest absolute Gasteiger partial charge is 0.497 e. The number of rotatable bonds is 6. The molecule has 1 heterocycles. The molecule has 0 unspecified atom stereocenters. The molecule has 1 atom stereocenters. The quantitative estimate of drug-likeness (QED) is 0.400. The standard InChI is InChI=1S/C20H18ClN3O3/c1-26-16-9-8-14-10-15(19(21)23-17(14)11-16)12-22-24-20(25)18(27-2)13-6-4-3-5-7-13/h3-12,18H,1-2H3,(H,24,25)/b22-12-/t18-/m1/s1. The number of hydrazone groups is 1. The Hall–Kier alpha value is -2.96. The maximum atomic E-state index is 12.3. The summed E-state index contributed by atoms with van der Waals surface area (Å²) in [6.45, 7) is 0. The van der Waals surface area contributed by atoms with Gasteiger partial charge in [-0.1, -0.05) is 41.9 Å². The number of fused-ring (bicyclic) bond motifs is 1. The summed E-state index contributed by atoms with van der Waals surface area (Å²) < 4.78 is 10.5. The molecule has 0 aliphatic carbocycles. The molecule has 0 radical (unpaired) electrons. The predicted molar refractivity (Wildman–Crippen MR) is 105 cm³/mol. The number of carbonyl (C=O) groups is 1. The first-order valence-electron chi connectivity index (χ1n) is 8.17. The third kappa shape index (κ3) is 4.42. The molecule has 0 saturated heterocycles. The molecule has 1 N–H and O–H groups in total. The average Bonchev–Trinajstić information content (AvgIpc) is 2.69. The topological polar surface area (TPSA) is 72.8 Å². The molecule has 7 heteroatoms. The first kappa shape index (κ1) is 18.8. The van der Waals surface area contributed by atoms with Gasteiger partial charge < -0.3 is 9.47 Å². The van der Waals surface area contributed by atoms with Crippen LogP contribution in [0.5, 0.6) is 5.75 Å². The molecule has 6 nitrogen and oxygen atoms in total. The van der Waals surface area contributed by atoms with E-state index in [0.29, 0.717) is 16.8 Å². The molecule has 0 saturated carbocycles. The molecule has 1 amide bonds. The Morgan fingerprint density at radius 1 is 1.19 bits per heavy atom. The molecule has 138 valence electrons. The van der Waals surface area contributed by atoms with Crippen molar-refractivity contribution in [2.24, 2.45) is 5.10 Å². The van der Waals surface area contributed by atoms with Crippen LogP contribution in [0.1, 0.15) is 17.2 Å². The van der Waals surface area contributed by atoms with Gasteiger partial charge in [0.05, 0.1) is 18.8 Å². The van der Waals surface area contributed by atoms with Crippen molar-refractivity contribution in [1.82, 2.24) is 10.4 Å². The van der Waals surface area contributed by atoms with Crippen molar-refractivity contribution in [3.63, 3.8) is 0 Å². The van der Waals surface area contributed by atoms with E-state index in [1.165, 1.54) is 13.3 Å². The van der Waals surface area contributed by atoms with Crippen molar-refractivity contribution in [3.05, 3.63) is 70.9 Å². The van der Waals surface area contributed by atoms with Gasteiger partial charge in [0.1, 0.15) is 10.9 Å². The average molecular weight is 384 g/mol. The van der Waals surface area contributed by atoms with Gasteiger partial charge in [0.2, 0.25) is 0 Å². The van der Waals surface area contributed by atoms with Crippen LogP contribution >= 0.6 is 11.6 Å². The van der Waals surface area contributed by atoms with E-state index in [0.717, 1.165) is 10.9 Å². The maximum Gasteiger partial charge on any atom is 0.273 e. The van der Waals surface area contributed by atoms with E-state index in [-0.39, 0.29) is 11.1 Å². The zero-order chi connectivity index (χ0) is 19.2. The van der Waals surface area contributed by atoms with Crippen LogP contribution in [0.3, 0.4) is 0 Å². The zero-order valence-electron chi connectivity index (χ0n) is 14.8. The Kier molecular flexibility index (Phi) is 6.01. The SMILES string of the molecule is COc1ccc2cc(/C=N\NC(=O)[C@H](OC)c3ccccc3)c(Cl)nc2c1. The molecule has 0 fully saturated rings. The number of methoxy groups -OCH3 is 2. The number of benzene rings is 2. The maximum absolute atomic E-state index is 12.3. The fourth-order valence-corrected chi connectivity index (χ4v) is 2.80. The van der Waals surface area contributed by atoms with Gasteiger partial charge in [0.15, 0.2) is 6.10 Å². The van der Waals surface area contributed by atoms with Gasteiger partial charge in [-0.05, 0) is 23.8 Å². The van der Waals surface area contributed by atoms with Crippen LogP contribution in [0.2, 0.25) is 5.15 Å². The van der Waals surface area contributed by atoms with Crippen LogP contribution in [0.15, 0.2) is 59.7 Å². The van der Waals surface area contributed by atoms with Gasteiger partial charge >= 0.3 is 0 Å². The lowest BCUT2D eigenvalue weighted by Crippen LogP contribution is -2.26. The van der Waals surface area contributed by atoms with Crippen molar-refractivity contribution in [2.75, 3.05) is 14.2 Å². The van der Waals surface area contributed by atoms with Crippen LogP contribution in [-0.2, 0) is 9.53 Å². The van der Waals surface area contributed by atoms with Gasteiger partial charge in [-0.2, -0.15) is 5.10 Å². The predicted octanol–water partition coefficient (Wildman–Crippen LogP) is 3.73. The van der Waals surface area contributed by atoms with Crippen LogP contribution in [0, 0.1) is 0 Å². The number of pyridine rings is 1. The first-order valence-corrected chi connectivity index (χ1v) is 8.55. The molecule has 3 aromatic rings. The number of nitrogens with one attached hydrogen (secondary N) is 1. The normalized spacial score (nSPS) is 12.3. The third-order valence-corrected chi connectivity index (χ3v) is 4.26. The molecule has 0 spiro atoms. The second-order valence-corrected chi connectivity index (χ2v) is 6.05. The van der Waals surface area contributed by atoms with Crippen LogP contribution in [-0.4, -0.2) is 31.3 Å². The minimum Gasteiger partial charge on any atom is -0.497 e. The Morgan fingerprint density at radius 2 is 1.96 bits per heavy atom. The van der Waals surface area contributed by atoms with Crippen molar-refractivity contribution in [3.8, 4) is 5.75 Å². The Bertz CT molecular complexity index is 977. The molecule has 0 aliphatic heterocycles. The number of hydrogen-bond acceptors (Lipinski definition) is 5. The lowest BCUT2D eigenvalue weighted by Gasteiger charge is -2.13. The number of carbonyl (C=O) groups excluding carboxylic acids is 1. The summed E-state index contributed by atoms with van der Waals surface area (Å²) in [6, 6.07) is 16.5. The van der Waals surface area contributed by atoms with Crippen molar-refractivity contribution in [2.45, 2.75) is 6.10 Å². The van der Waals surface area contributed by atoms with Crippen LogP contribution < -0.4 is 10.2 Å². The lowest BCUT2D eigenvalue weighted by atomic mass is 10.1. The van der Waals surface area contributed by atoms with Crippen LogP contribution in [0.25, 0.3) is 10.9 Å². The number of ether oxygens (including phenoxy) is 2. The lowest BCUT2D eigenvalue weighted by molar-refractivity contribution is -0.131. The van der Waals surface area contributed by atoms with E-state index in [1.54, 1.807) is 13.2 Å². The first-order chi connectivity index (χ1) is 13.1. The fourth-order valence-electron chi connectivity index (χ4n) is 2.60. The van der Waals surface area contributed by atoms with Crippen molar-refractivity contribution in [1.29, 1.82) is 0 Å². The smallest absolute Gasteiger partial charge is 0.273 e. The highest BCUT2D eigenvalue weighted by atomic mass is 35.5. The molecule has 3 rings (SSSR count). The summed E-state index contributed by atoms with van der Waals surface area (Å²) in [6.07, 6.45) is 0.704. The van der Waals surface area contributed by atoms with Crippen molar-refractivity contribution < 1.29 is 14.3 Å². The van der Waals surface area contributed by atoms with Gasteiger partial charge in [0, 0.05) is 24.1 Å². The van der Waals surface area contributed by atoms with Gasteiger partial charge in [0.25, 0.3) is 5.91 Å². The number of nitrogens with zero attached hydrogens (tertiary/aromatic N) is 2. The summed E-state index contributed by atoms with van der Waals surface area (Å²) in [7, 11) is 3.06. The van der Waals surface area contributed by atoms with E-state index < -0.39 is 6.10 Å². The molecule has 2 aromatic carbocycles. The summed E-state index contributed by atoms with van der Waals surface area (Å²) in [5.41, 5.74) is 4.51. The highest BCUT2D eigenvalue weighted by molar-refractivity contribution is 6.32. The van der Waals surface area contributed by atoms with Gasteiger partial charge in [-0.3, -0.25) is 4.79 Å². The van der Waals surface area contributed by atoms with Crippen molar-refractivity contribution >= 4 is 34.6 Å². The van der Waals surface area contributed by atoms with E-state index >= 15 is 0 Å². The summed E-state index contributed by atoms with van der Waals surface area (Å²) in [5.74, 6) is 0.320. The Balaban J connectivity index is 1.75. The molecule has 27 heavy (non-hydrogen) atoms. The monoisotopic (exact) mass is 383 g/mol. The Morgan fingerprint density at radius 3 is 2.67 bits per heavy atom. The number of amides is 1. The Labute approximate surface area is 161 Å². The molecular weight excluding hydrogens is 366 g/mol. The second-order valence-electron chi connectivity index (χ2n) is 5.69.